The summed E-state index contributed by atoms with van der Waals surface area (Å²) in [5.74, 6) is -2.45. The maximum absolute atomic E-state index is 14.4. The van der Waals surface area contributed by atoms with Crippen molar-refractivity contribution < 1.29 is 22.8 Å². The van der Waals surface area contributed by atoms with Crippen LogP contribution in [-0.2, 0) is 22.6 Å². The Morgan fingerprint density at radius 3 is 1.91 bits per heavy atom. The second kappa shape index (κ2) is 8.90. The number of hydrogen-bond donors (Lipinski definition) is 1. The molecule has 1 N–H and O–H groups in total. The van der Waals surface area contributed by atoms with Crippen molar-refractivity contribution in [2.45, 2.75) is 24.8 Å². The Morgan fingerprint density at radius 1 is 0.848 bits per heavy atom. The number of carbonyl (C=O) groups is 2. The maximum Gasteiger partial charge on any atom is 0.442 e. The van der Waals surface area contributed by atoms with Gasteiger partial charge in [-0.15, -0.1) is 0 Å². The minimum atomic E-state index is -5.15. The molecule has 1 unspecified atom stereocenters. The minimum Gasteiger partial charge on any atom is -0.316 e. The Kier molecular flexibility index (Phi) is 6.00. The lowest BCUT2D eigenvalue weighted by Crippen LogP contribution is -2.63. The van der Waals surface area contributed by atoms with Gasteiger partial charge in [-0.25, -0.2) is 4.99 Å². The standard InChI is InChI=1S/C25H20F3N3O2/c26-25(27,28)24(29-21(32)16-18-10-4-1-5-11-18)23(33)31(17-19-12-6-2-7-13-19)22(30-24)20-14-8-3-9-15-20/h1-15H,16-17H2,(H,29,32). The smallest absolute Gasteiger partial charge is 0.316 e. The Hall–Kier alpha value is -3.94. The number of nitrogens with one attached hydrogen (secondary N) is 1. The molecule has 0 aliphatic carbocycles. The van der Waals surface area contributed by atoms with Gasteiger partial charge in [-0.3, -0.25) is 14.5 Å². The fourth-order valence-corrected chi connectivity index (χ4v) is 3.64. The average Bonchev–Trinajstić information content (AvgIpc) is 3.08. The summed E-state index contributed by atoms with van der Waals surface area (Å²) in [6, 6.07) is 25.1. The highest BCUT2D eigenvalue weighted by Crippen LogP contribution is 2.39. The molecule has 33 heavy (non-hydrogen) atoms. The third-order valence-electron chi connectivity index (χ3n) is 5.24. The second-order valence-corrected chi connectivity index (χ2v) is 7.60. The van der Waals surface area contributed by atoms with E-state index in [0.29, 0.717) is 16.7 Å². The molecule has 0 aromatic heterocycles. The van der Waals surface area contributed by atoms with Crippen LogP contribution in [0.5, 0.6) is 0 Å². The van der Waals surface area contributed by atoms with Crippen molar-refractivity contribution in [3.63, 3.8) is 0 Å². The molecule has 8 heteroatoms. The number of alkyl halides is 3. The highest BCUT2D eigenvalue weighted by Gasteiger charge is 2.67. The van der Waals surface area contributed by atoms with Gasteiger partial charge in [-0.2, -0.15) is 13.2 Å². The van der Waals surface area contributed by atoms with Gasteiger partial charge in [0.05, 0.1) is 13.0 Å². The van der Waals surface area contributed by atoms with Crippen LogP contribution in [0.25, 0.3) is 0 Å². The lowest BCUT2D eigenvalue weighted by atomic mass is 10.1. The Balaban J connectivity index is 1.74. The van der Waals surface area contributed by atoms with Crippen molar-refractivity contribution in [1.29, 1.82) is 0 Å². The average molecular weight is 451 g/mol. The summed E-state index contributed by atoms with van der Waals surface area (Å²) in [6.07, 6.45) is -5.47. The summed E-state index contributed by atoms with van der Waals surface area (Å²) >= 11 is 0. The monoisotopic (exact) mass is 451 g/mol. The van der Waals surface area contributed by atoms with Crippen LogP contribution in [0.3, 0.4) is 0 Å². The molecular weight excluding hydrogens is 431 g/mol. The number of aliphatic imine (C=N–C) groups is 1. The van der Waals surface area contributed by atoms with Crippen LogP contribution in [0.2, 0.25) is 0 Å². The molecule has 0 fully saturated rings. The highest BCUT2D eigenvalue weighted by molar-refractivity contribution is 6.16. The molecule has 0 radical (unpaired) electrons. The van der Waals surface area contributed by atoms with Gasteiger partial charge in [-0.1, -0.05) is 91.0 Å². The minimum absolute atomic E-state index is 0.125. The van der Waals surface area contributed by atoms with Crippen LogP contribution < -0.4 is 5.32 Å². The Labute approximate surface area is 188 Å². The number of carbonyl (C=O) groups excluding carboxylic acids is 2. The normalized spacial score (nSPS) is 18.2. The molecule has 168 valence electrons. The van der Waals surface area contributed by atoms with Crippen molar-refractivity contribution in [1.82, 2.24) is 10.2 Å². The number of amides is 2. The zero-order valence-electron chi connectivity index (χ0n) is 17.4. The molecule has 0 saturated carbocycles. The van der Waals surface area contributed by atoms with Gasteiger partial charge in [0.25, 0.3) is 5.91 Å². The van der Waals surface area contributed by atoms with E-state index < -0.39 is 23.7 Å². The van der Waals surface area contributed by atoms with Crippen molar-refractivity contribution in [2.75, 3.05) is 0 Å². The lowest BCUT2D eigenvalue weighted by Gasteiger charge is -2.29. The van der Waals surface area contributed by atoms with E-state index in [1.165, 1.54) is 0 Å². The topological polar surface area (TPSA) is 61.8 Å². The van der Waals surface area contributed by atoms with Crippen LogP contribution in [0.1, 0.15) is 16.7 Å². The van der Waals surface area contributed by atoms with Crippen molar-refractivity contribution in [2.24, 2.45) is 4.99 Å². The molecule has 0 spiro atoms. The Bertz CT molecular complexity index is 1170. The number of rotatable bonds is 6. The molecule has 1 heterocycles. The molecule has 5 nitrogen and oxygen atoms in total. The van der Waals surface area contributed by atoms with E-state index in [1.54, 1.807) is 91.0 Å². The van der Waals surface area contributed by atoms with E-state index in [2.05, 4.69) is 4.99 Å². The molecule has 1 aliphatic rings. The quantitative estimate of drug-likeness (QED) is 0.614. The first kappa shape index (κ1) is 22.3. The number of benzene rings is 3. The fraction of sp³-hybridized carbons (Fsp3) is 0.160. The van der Waals surface area contributed by atoms with Crippen LogP contribution in [0.15, 0.2) is 96.0 Å². The van der Waals surface area contributed by atoms with E-state index in [4.69, 9.17) is 0 Å². The van der Waals surface area contributed by atoms with E-state index in [-0.39, 0.29) is 18.8 Å². The van der Waals surface area contributed by atoms with Gasteiger partial charge in [0, 0.05) is 5.56 Å². The molecular formula is C25H20F3N3O2. The summed E-state index contributed by atoms with van der Waals surface area (Å²) in [7, 11) is 0. The lowest BCUT2D eigenvalue weighted by molar-refractivity contribution is -0.200. The van der Waals surface area contributed by atoms with E-state index in [0.717, 1.165) is 4.90 Å². The van der Waals surface area contributed by atoms with Gasteiger partial charge >= 0.3 is 11.8 Å². The predicted molar refractivity (Wildman–Crippen MR) is 117 cm³/mol. The first-order chi connectivity index (χ1) is 15.8. The van der Waals surface area contributed by atoms with E-state index in [9.17, 15) is 22.8 Å². The van der Waals surface area contributed by atoms with Gasteiger partial charge in [0.1, 0.15) is 5.84 Å². The van der Waals surface area contributed by atoms with Gasteiger partial charge < -0.3 is 5.32 Å². The summed E-state index contributed by atoms with van der Waals surface area (Å²) in [5.41, 5.74) is -1.92. The molecule has 3 aromatic carbocycles. The summed E-state index contributed by atoms with van der Waals surface area (Å²) in [5, 5.41) is 1.90. The zero-order chi connectivity index (χ0) is 23.5. The van der Waals surface area contributed by atoms with Crippen LogP contribution in [0.4, 0.5) is 13.2 Å². The zero-order valence-corrected chi connectivity index (χ0v) is 17.4. The number of halogens is 3. The molecule has 0 bridgehead atoms. The summed E-state index contributed by atoms with van der Waals surface area (Å²) in [4.78, 5) is 30.8. The number of hydrogen-bond acceptors (Lipinski definition) is 3. The predicted octanol–water partition coefficient (Wildman–Crippen LogP) is 4.09. The first-order valence-corrected chi connectivity index (χ1v) is 10.2. The summed E-state index contributed by atoms with van der Waals surface area (Å²) in [6.45, 7) is -0.125. The summed E-state index contributed by atoms with van der Waals surface area (Å²) < 4.78 is 43.2. The van der Waals surface area contributed by atoms with Gasteiger partial charge in [0.15, 0.2) is 0 Å². The maximum atomic E-state index is 14.4. The molecule has 0 saturated heterocycles. The Morgan fingerprint density at radius 2 is 1.36 bits per heavy atom. The van der Waals surface area contributed by atoms with Crippen molar-refractivity contribution in [3.05, 3.63) is 108 Å². The molecule has 1 aliphatic heterocycles. The third kappa shape index (κ3) is 4.50. The number of nitrogens with zero attached hydrogens (tertiary/aromatic N) is 2. The molecule has 1 atom stereocenters. The van der Waals surface area contributed by atoms with Gasteiger partial charge in [0.2, 0.25) is 5.91 Å². The van der Waals surface area contributed by atoms with E-state index >= 15 is 0 Å². The third-order valence-corrected chi connectivity index (χ3v) is 5.24. The fourth-order valence-electron chi connectivity index (χ4n) is 3.64. The second-order valence-electron chi connectivity index (χ2n) is 7.60. The van der Waals surface area contributed by atoms with Crippen molar-refractivity contribution in [3.8, 4) is 0 Å². The highest BCUT2D eigenvalue weighted by atomic mass is 19.4. The van der Waals surface area contributed by atoms with Crippen molar-refractivity contribution >= 4 is 17.6 Å². The molecule has 4 rings (SSSR count). The van der Waals surface area contributed by atoms with Crippen LogP contribution in [-0.4, -0.2) is 34.4 Å². The number of amidine groups is 1. The first-order valence-electron chi connectivity index (χ1n) is 10.2. The van der Waals surface area contributed by atoms with E-state index in [1.807, 2.05) is 5.32 Å². The molecule has 3 aromatic rings. The van der Waals surface area contributed by atoms with Crippen LogP contribution in [0, 0.1) is 0 Å². The molecule has 2 amide bonds. The van der Waals surface area contributed by atoms with Crippen LogP contribution >= 0.6 is 0 Å². The van der Waals surface area contributed by atoms with Gasteiger partial charge in [-0.05, 0) is 11.1 Å². The largest absolute Gasteiger partial charge is 0.442 e. The SMILES string of the molecule is O=C(Cc1ccccc1)NC1(C(F)(F)F)N=C(c2ccccc2)N(Cc2ccccc2)C1=O.